The second-order valence-electron chi connectivity index (χ2n) is 4.97. The van der Waals surface area contributed by atoms with Crippen molar-refractivity contribution in [1.82, 2.24) is 0 Å². The summed E-state index contributed by atoms with van der Waals surface area (Å²) >= 11 is 11.7. The van der Waals surface area contributed by atoms with Gasteiger partial charge in [0.2, 0.25) is 0 Å². The van der Waals surface area contributed by atoms with E-state index in [1.54, 1.807) is 19.1 Å². The molecule has 2 rings (SSSR count). The second kappa shape index (κ2) is 8.07. The molecule has 0 bridgehead atoms. The number of carbonyl (C=O) groups is 3. The van der Waals surface area contributed by atoms with Crippen molar-refractivity contribution in [2.45, 2.75) is 6.92 Å². The zero-order valence-electron chi connectivity index (χ0n) is 13.4. The van der Waals surface area contributed by atoms with E-state index in [0.717, 1.165) is 6.07 Å². The van der Waals surface area contributed by atoms with Gasteiger partial charge >= 0.3 is 11.9 Å². The minimum Gasteiger partial charge on any atom is -0.505 e. The van der Waals surface area contributed by atoms with Crippen molar-refractivity contribution in [2.75, 3.05) is 11.9 Å². The van der Waals surface area contributed by atoms with Crippen molar-refractivity contribution >= 4 is 46.7 Å². The maximum Gasteiger partial charge on any atom is 0.341 e. The molecule has 0 radical (unpaired) electrons. The van der Waals surface area contributed by atoms with E-state index >= 15 is 0 Å². The van der Waals surface area contributed by atoms with Gasteiger partial charge in [-0.05, 0) is 25.1 Å². The molecule has 0 spiro atoms. The number of aromatic carboxylic acids is 1. The van der Waals surface area contributed by atoms with Crippen LogP contribution in [0.15, 0.2) is 30.3 Å². The lowest BCUT2D eigenvalue weighted by Gasteiger charge is -2.13. The summed E-state index contributed by atoms with van der Waals surface area (Å²) in [6.07, 6.45) is 0. The normalized spacial score (nSPS) is 10.3. The number of ether oxygens (including phenoxy) is 1. The number of carbonyl (C=O) groups excluding carboxylic acids is 2. The molecule has 0 unspecified atom stereocenters. The number of esters is 1. The summed E-state index contributed by atoms with van der Waals surface area (Å²) in [7, 11) is 0. The first kappa shape index (κ1) is 19.6. The minimum absolute atomic E-state index is 0.0138. The fourth-order valence-corrected chi connectivity index (χ4v) is 2.64. The third kappa shape index (κ3) is 3.89. The smallest absolute Gasteiger partial charge is 0.341 e. The molecule has 0 aliphatic rings. The van der Waals surface area contributed by atoms with Gasteiger partial charge in [-0.3, -0.25) is 4.79 Å². The Labute approximate surface area is 158 Å². The molecule has 0 aromatic heterocycles. The van der Waals surface area contributed by atoms with E-state index in [2.05, 4.69) is 5.32 Å². The number of nitrogens with one attached hydrogen (secondary N) is 1. The number of carboxylic acids is 1. The summed E-state index contributed by atoms with van der Waals surface area (Å²) in [4.78, 5) is 35.6. The monoisotopic (exact) mass is 397 g/mol. The highest BCUT2D eigenvalue weighted by atomic mass is 35.5. The predicted molar refractivity (Wildman–Crippen MR) is 95.4 cm³/mol. The molecule has 26 heavy (non-hydrogen) atoms. The molecule has 0 aliphatic heterocycles. The Morgan fingerprint density at radius 3 is 2.35 bits per heavy atom. The van der Waals surface area contributed by atoms with Crippen molar-refractivity contribution < 1.29 is 29.3 Å². The van der Waals surface area contributed by atoms with Crippen molar-refractivity contribution in [3.8, 4) is 5.75 Å². The van der Waals surface area contributed by atoms with Gasteiger partial charge in [0.05, 0.1) is 28.4 Å². The zero-order chi connectivity index (χ0) is 19.4. The Hall–Kier alpha value is -2.77. The molecule has 7 nitrogen and oxygen atoms in total. The minimum atomic E-state index is -1.47. The molecule has 1 amide bonds. The third-order valence-electron chi connectivity index (χ3n) is 3.32. The van der Waals surface area contributed by atoms with Gasteiger partial charge in [-0.2, -0.15) is 0 Å². The largest absolute Gasteiger partial charge is 0.505 e. The molecule has 9 heteroatoms. The average molecular weight is 398 g/mol. The van der Waals surface area contributed by atoms with Crippen LogP contribution in [0.2, 0.25) is 10.0 Å². The SMILES string of the molecule is CCOC(=O)c1ccccc1C(=O)Nc1cc(Cl)c(C(=O)O)c(O)c1Cl. The molecular weight excluding hydrogens is 385 g/mol. The van der Waals surface area contributed by atoms with Crippen LogP contribution in [0.1, 0.15) is 38.0 Å². The van der Waals surface area contributed by atoms with Crippen LogP contribution in [0.4, 0.5) is 5.69 Å². The topological polar surface area (TPSA) is 113 Å². The van der Waals surface area contributed by atoms with Gasteiger partial charge in [0.15, 0.2) is 5.75 Å². The fraction of sp³-hybridized carbons (Fsp3) is 0.118. The van der Waals surface area contributed by atoms with Gasteiger partial charge in [-0.1, -0.05) is 35.3 Å². The highest BCUT2D eigenvalue weighted by Gasteiger charge is 2.23. The van der Waals surface area contributed by atoms with Crippen LogP contribution in [0.5, 0.6) is 5.75 Å². The zero-order valence-corrected chi connectivity index (χ0v) is 14.9. The van der Waals surface area contributed by atoms with Gasteiger partial charge in [-0.25, -0.2) is 9.59 Å². The molecule has 0 atom stereocenters. The number of hydrogen-bond acceptors (Lipinski definition) is 5. The molecule has 2 aromatic carbocycles. The summed E-state index contributed by atoms with van der Waals surface area (Å²) in [6, 6.07) is 7.05. The first-order valence-corrected chi connectivity index (χ1v) is 8.05. The van der Waals surface area contributed by atoms with Crippen LogP contribution < -0.4 is 5.32 Å². The van der Waals surface area contributed by atoms with Crippen LogP contribution in [-0.2, 0) is 4.74 Å². The highest BCUT2D eigenvalue weighted by molar-refractivity contribution is 6.39. The number of aromatic hydroxyl groups is 1. The quantitative estimate of drug-likeness (QED) is 0.660. The van der Waals surface area contributed by atoms with Crippen LogP contribution in [0.25, 0.3) is 0 Å². The Morgan fingerprint density at radius 2 is 1.77 bits per heavy atom. The number of rotatable bonds is 5. The maximum absolute atomic E-state index is 12.5. The van der Waals surface area contributed by atoms with Gasteiger partial charge in [0.25, 0.3) is 5.91 Å². The van der Waals surface area contributed by atoms with E-state index in [1.165, 1.54) is 12.1 Å². The fourth-order valence-electron chi connectivity index (χ4n) is 2.16. The van der Waals surface area contributed by atoms with E-state index in [9.17, 15) is 19.5 Å². The molecular formula is C17H13Cl2NO6. The predicted octanol–water partition coefficient (Wildman–Crippen LogP) is 3.83. The van der Waals surface area contributed by atoms with Crippen molar-refractivity contribution in [3.63, 3.8) is 0 Å². The Bertz CT molecular complexity index is 897. The molecule has 0 fully saturated rings. The summed E-state index contributed by atoms with van der Waals surface area (Å²) in [5, 5.41) is 20.6. The number of amides is 1. The molecule has 0 aliphatic carbocycles. The van der Waals surface area contributed by atoms with Crippen molar-refractivity contribution in [1.29, 1.82) is 0 Å². The molecule has 2 aromatic rings. The molecule has 0 heterocycles. The Balaban J connectivity index is 2.41. The molecule has 0 saturated heterocycles. The molecule has 0 saturated carbocycles. The highest BCUT2D eigenvalue weighted by Crippen LogP contribution is 2.39. The van der Waals surface area contributed by atoms with Crippen LogP contribution in [0, 0.1) is 0 Å². The summed E-state index contributed by atoms with van der Waals surface area (Å²) in [5.41, 5.74) is -0.634. The van der Waals surface area contributed by atoms with Gasteiger partial charge in [0, 0.05) is 0 Å². The lowest BCUT2D eigenvalue weighted by Crippen LogP contribution is -2.18. The van der Waals surface area contributed by atoms with E-state index in [-0.39, 0.29) is 28.4 Å². The number of benzene rings is 2. The first-order chi connectivity index (χ1) is 12.3. The van der Waals surface area contributed by atoms with Crippen molar-refractivity contribution in [2.24, 2.45) is 0 Å². The standard InChI is InChI=1S/C17H13Cl2NO6/c1-2-26-17(25)9-6-4-3-5-8(9)15(22)20-11-7-10(18)12(16(23)24)14(21)13(11)19/h3-7,21H,2H2,1H3,(H,20,22)(H,23,24). The van der Waals surface area contributed by atoms with Gasteiger partial charge < -0.3 is 20.3 Å². The number of phenols is 1. The lowest BCUT2D eigenvalue weighted by molar-refractivity contribution is 0.0523. The third-order valence-corrected chi connectivity index (χ3v) is 4.00. The van der Waals surface area contributed by atoms with E-state index < -0.39 is 34.2 Å². The number of halogens is 2. The number of carboxylic acid groups (broad SMARTS) is 1. The van der Waals surface area contributed by atoms with E-state index in [4.69, 9.17) is 33.0 Å². The molecule has 136 valence electrons. The van der Waals surface area contributed by atoms with Crippen LogP contribution >= 0.6 is 23.2 Å². The van der Waals surface area contributed by atoms with Crippen LogP contribution in [0.3, 0.4) is 0 Å². The Kier molecular flexibility index (Phi) is 6.07. The average Bonchev–Trinajstić information content (AvgIpc) is 2.59. The number of hydrogen-bond donors (Lipinski definition) is 3. The number of anilines is 1. The lowest BCUT2D eigenvalue weighted by atomic mass is 10.1. The van der Waals surface area contributed by atoms with Gasteiger partial charge in [-0.15, -0.1) is 0 Å². The molecule has 3 N–H and O–H groups in total. The summed E-state index contributed by atoms with van der Waals surface area (Å²) in [6.45, 7) is 1.77. The summed E-state index contributed by atoms with van der Waals surface area (Å²) < 4.78 is 4.90. The maximum atomic E-state index is 12.5. The van der Waals surface area contributed by atoms with Crippen LogP contribution in [-0.4, -0.2) is 34.7 Å². The van der Waals surface area contributed by atoms with Gasteiger partial charge in [0.1, 0.15) is 10.6 Å². The summed E-state index contributed by atoms with van der Waals surface area (Å²) in [5.74, 6) is -3.64. The van der Waals surface area contributed by atoms with Crippen molar-refractivity contribution in [3.05, 3.63) is 57.1 Å². The Morgan fingerprint density at radius 1 is 1.15 bits per heavy atom. The first-order valence-electron chi connectivity index (χ1n) is 7.29. The second-order valence-corrected chi connectivity index (χ2v) is 5.75. The van der Waals surface area contributed by atoms with E-state index in [0.29, 0.717) is 0 Å². The van der Waals surface area contributed by atoms with E-state index in [1.807, 2.05) is 0 Å².